The zero-order valence-corrected chi connectivity index (χ0v) is 9.06. The van der Waals surface area contributed by atoms with Crippen molar-refractivity contribution >= 4 is 17.4 Å². The second kappa shape index (κ2) is 5.66. The van der Waals surface area contributed by atoms with Crippen molar-refractivity contribution in [1.82, 2.24) is 0 Å². The highest BCUT2D eigenvalue weighted by molar-refractivity contribution is 6.31. The number of hydrogen-bond acceptors (Lipinski definition) is 1. The van der Waals surface area contributed by atoms with Crippen LogP contribution in [0.3, 0.4) is 0 Å². The van der Waals surface area contributed by atoms with Gasteiger partial charge in [0.15, 0.2) is 5.78 Å². The molecule has 1 aromatic rings. The molecule has 0 atom stereocenters. The maximum Gasteiger partial charge on any atom is 0.162 e. The van der Waals surface area contributed by atoms with Crippen molar-refractivity contribution in [3.05, 3.63) is 47.3 Å². The minimum Gasteiger partial charge on any atom is -0.294 e. The SMILES string of the molecule is C=CCCCC(=O)c1ccc(F)c(Cl)c1. The van der Waals surface area contributed by atoms with Crippen molar-refractivity contribution in [3.63, 3.8) is 0 Å². The maximum absolute atomic E-state index is 12.8. The first kappa shape index (κ1) is 11.9. The Hall–Kier alpha value is -1.15. The zero-order chi connectivity index (χ0) is 11.3. The monoisotopic (exact) mass is 226 g/mol. The molecule has 1 rings (SSSR count). The Morgan fingerprint density at radius 1 is 1.53 bits per heavy atom. The summed E-state index contributed by atoms with van der Waals surface area (Å²) in [6.07, 6.45) is 3.77. The number of hydrogen-bond donors (Lipinski definition) is 0. The highest BCUT2D eigenvalue weighted by Gasteiger charge is 2.07. The van der Waals surface area contributed by atoms with E-state index in [2.05, 4.69) is 6.58 Å². The number of ketones is 1. The molecule has 0 spiro atoms. The van der Waals surface area contributed by atoms with Crippen molar-refractivity contribution in [1.29, 1.82) is 0 Å². The fourth-order valence-corrected chi connectivity index (χ4v) is 1.40. The average molecular weight is 227 g/mol. The molecule has 0 saturated carbocycles. The summed E-state index contributed by atoms with van der Waals surface area (Å²) < 4.78 is 12.8. The molecule has 0 aliphatic rings. The van der Waals surface area contributed by atoms with Crippen LogP contribution in [0.5, 0.6) is 0 Å². The van der Waals surface area contributed by atoms with Crippen molar-refractivity contribution in [3.8, 4) is 0 Å². The molecule has 0 radical (unpaired) electrons. The summed E-state index contributed by atoms with van der Waals surface area (Å²) >= 11 is 5.58. The second-order valence-electron chi connectivity index (χ2n) is 3.23. The van der Waals surface area contributed by atoms with Gasteiger partial charge in [-0.2, -0.15) is 0 Å². The van der Waals surface area contributed by atoms with Crippen LogP contribution >= 0.6 is 11.6 Å². The number of carbonyl (C=O) groups is 1. The number of unbranched alkanes of at least 4 members (excludes halogenated alkanes) is 1. The minimum atomic E-state index is -0.501. The molecule has 3 heteroatoms. The van der Waals surface area contributed by atoms with Crippen LogP contribution in [-0.2, 0) is 0 Å². The maximum atomic E-state index is 12.8. The molecule has 15 heavy (non-hydrogen) atoms. The molecule has 1 nitrogen and oxygen atoms in total. The van der Waals surface area contributed by atoms with Gasteiger partial charge in [-0.25, -0.2) is 4.39 Å². The standard InChI is InChI=1S/C12H12ClFO/c1-2-3-4-5-12(15)9-6-7-11(14)10(13)8-9/h2,6-8H,1,3-5H2. The van der Waals surface area contributed by atoms with E-state index in [1.54, 1.807) is 6.08 Å². The van der Waals surface area contributed by atoms with E-state index in [0.29, 0.717) is 12.0 Å². The van der Waals surface area contributed by atoms with Gasteiger partial charge in [0.05, 0.1) is 5.02 Å². The molecule has 0 aliphatic carbocycles. The summed E-state index contributed by atoms with van der Waals surface area (Å²) in [6, 6.07) is 4.04. The quantitative estimate of drug-likeness (QED) is 0.421. The van der Waals surface area contributed by atoms with E-state index in [4.69, 9.17) is 11.6 Å². The molecule has 1 aromatic carbocycles. The van der Waals surface area contributed by atoms with Crippen LogP contribution in [0.25, 0.3) is 0 Å². The molecule has 0 bridgehead atoms. The number of halogens is 2. The molecule has 0 heterocycles. The van der Waals surface area contributed by atoms with Gasteiger partial charge in [0.2, 0.25) is 0 Å². The van der Waals surface area contributed by atoms with Gasteiger partial charge in [-0.05, 0) is 31.0 Å². The van der Waals surface area contributed by atoms with Gasteiger partial charge in [-0.15, -0.1) is 6.58 Å². The Bertz CT molecular complexity index is 374. The summed E-state index contributed by atoms with van der Waals surface area (Å²) in [4.78, 5) is 11.6. The number of allylic oxidation sites excluding steroid dienone is 1. The molecule has 0 aliphatic heterocycles. The van der Waals surface area contributed by atoms with E-state index >= 15 is 0 Å². The van der Waals surface area contributed by atoms with E-state index in [0.717, 1.165) is 12.8 Å². The largest absolute Gasteiger partial charge is 0.294 e. The molecule has 80 valence electrons. The van der Waals surface area contributed by atoms with Gasteiger partial charge in [0, 0.05) is 12.0 Å². The van der Waals surface area contributed by atoms with E-state index in [1.165, 1.54) is 18.2 Å². The number of rotatable bonds is 5. The van der Waals surface area contributed by atoms with Crippen molar-refractivity contribution in [2.24, 2.45) is 0 Å². The third kappa shape index (κ3) is 3.48. The predicted octanol–water partition coefficient (Wildman–Crippen LogP) is 4.02. The highest BCUT2D eigenvalue weighted by Crippen LogP contribution is 2.17. The van der Waals surface area contributed by atoms with Crippen molar-refractivity contribution in [2.45, 2.75) is 19.3 Å². The summed E-state index contributed by atoms with van der Waals surface area (Å²) in [5.74, 6) is -0.516. The van der Waals surface area contributed by atoms with Gasteiger partial charge in [0.1, 0.15) is 5.82 Å². The minimum absolute atomic E-state index is 0.00966. The zero-order valence-electron chi connectivity index (χ0n) is 8.30. The average Bonchev–Trinajstić information content (AvgIpc) is 2.22. The topological polar surface area (TPSA) is 17.1 Å². The van der Waals surface area contributed by atoms with E-state index in [-0.39, 0.29) is 10.8 Å². The Morgan fingerprint density at radius 3 is 2.87 bits per heavy atom. The van der Waals surface area contributed by atoms with Crippen LogP contribution < -0.4 is 0 Å². The summed E-state index contributed by atoms with van der Waals surface area (Å²) in [5.41, 5.74) is 0.463. The first-order valence-corrected chi connectivity index (χ1v) is 5.12. The van der Waals surface area contributed by atoms with Gasteiger partial charge >= 0.3 is 0 Å². The Morgan fingerprint density at radius 2 is 2.27 bits per heavy atom. The molecule has 0 saturated heterocycles. The van der Waals surface area contributed by atoms with Crippen LogP contribution in [0.2, 0.25) is 5.02 Å². The van der Waals surface area contributed by atoms with E-state index in [1.807, 2.05) is 0 Å². The smallest absolute Gasteiger partial charge is 0.162 e. The summed E-state index contributed by atoms with van der Waals surface area (Å²) in [7, 11) is 0. The fourth-order valence-electron chi connectivity index (χ4n) is 1.22. The molecule has 0 N–H and O–H groups in total. The van der Waals surface area contributed by atoms with E-state index < -0.39 is 5.82 Å². The van der Waals surface area contributed by atoms with Crippen molar-refractivity contribution in [2.75, 3.05) is 0 Å². The van der Waals surface area contributed by atoms with Crippen LogP contribution in [0, 0.1) is 5.82 Å². The fraction of sp³-hybridized carbons (Fsp3) is 0.250. The van der Waals surface area contributed by atoms with Crippen LogP contribution in [0.15, 0.2) is 30.9 Å². The van der Waals surface area contributed by atoms with Crippen molar-refractivity contribution < 1.29 is 9.18 Å². The van der Waals surface area contributed by atoms with Crippen LogP contribution in [0.4, 0.5) is 4.39 Å². The van der Waals surface area contributed by atoms with Gasteiger partial charge < -0.3 is 0 Å². The Balaban J connectivity index is 2.65. The van der Waals surface area contributed by atoms with Crippen LogP contribution in [-0.4, -0.2) is 5.78 Å². The van der Waals surface area contributed by atoms with Gasteiger partial charge in [-0.3, -0.25) is 4.79 Å². The number of carbonyl (C=O) groups excluding carboxylic acids is 1. The summed E-state index contributed by atoms with van der Waals surface area (Å²) in [5, 5.41) is -0.00966. The molecular weight excluding hydrogens is 215 g/mol. The first-order chi connectivity index (χ1) is 7.15. The van der Waals surface area contributed by atoms with Gasteiger partial charge in [0.25, 0.3) is 0 Å². The highest BCUT2D eigenvalue weighted by atomic mass is 35.5. The summed E-state index contributed by atoms with van der Waals surface area (Å²) in [6.45, 7) is 3.57. The second-order valence-corrected chi connectivity index (χ2v) is 3.64. The number of Topliss-reactive ketones (excluding diaryl/α,β-unsaturated/α-hetero) is 1. The molecule has 0 aromatic heterocycles. The lowest BCUT2D eigenvalue weighted by atomic mass is 10.1. The molecule has 0 amide bonds. The third-order valence-corrected chi connectivity index (χ3v) is 2.34. The number of benzene rings is 1. The lowest BCUT2D eigenvalue weighted by Gasteiger charge is -2.01. The lowest BCUT2D eigenvalue weighted by Crippen LogP contribution is -1.99. The Kier molecular flexibility index (Phi) is 4.50. The first-order valence-electron chi connectivity index (χ1n) is 4.74. The van der Waals surface area contributed by atoms with E-state index in [9.17, 15) is 9.18 Å². The molecule has 0 unspecified atom stereocenters. The molecule has 0 fully saturated rings. The normalized spacial score (nSPS) is 10.0. The van der Waals surface area contributed by atoms with Crippen LogP contribution in [0.1, 0.15) is 29.6 Å². The predicted molar refractivity (Wildman–Crippen MR) is 59.8 cm³/mol. The Labute approximate surface area is 93.6 Å². The third-order valence-electron chi connectivity index (χ3n) is 2.05. The van der Waals surface area contributed by atoms with Gasteiger partial charge in [-0.1, -0.05) is 17.7 Å². The lowest BCUT2D eigenvalue weighted by molar-refractivity contribution is 0.0980. The molecular formula is C12H12ClFO.